The molecule has 2 atom stereocenters. The molecule has 1 aromatic carbocycles. The van der Waals surface area contributed by atoms with Crippen molar-refractivity contribution < 1.29 is 9.53 Å². The summed E-state index contributed by atoms with van der Waals surface area (Å²) in [6, 6.07) is 10.3. The van der Waals surface area contributed by atoms with Crippen LogP contribution >= 0.6 is 0 Å². The summed E-state index contributed by atoms with van der Waals surface area (Å²) in [6.07, 6.45) is 1.72. The van der Waals surface area contributed by atoms with Crippen LogP contribution in [0.3, 0.4) is 0 Å². The lowest BCUT2D eigenvalue weighted by Gasteiger charge is -2.43. The van der Waals surface area contributed by atoms with Crippen LogP contribution in [0.5, 0.6) is 0 Å². The molecule has 3 nitrogen and oxygen atoms in total. The van der Waals surface area contributed by atoms with Crippen molar-refractivity contribution in [3.8, 4) is 0 Å². The highest BCUT2D eigenvalue weighted by molar-refractivity contribution is 5.77. The van der Waals surface area contributed by atoms with Gasteiger partial charge in [-0.15, -0.1) is 0 Å². The molecule has 1 aromatic rings. The maximum atomic E-state index is 11.8. The van der Waals surface area contributed by atoms with Crippen LogP contribution in [0, 0.1) is 0 Å². The third-order valence-corrected chi connectivity index (χ3v) is 3.85. The van der Waals surface area contributed by atoms with Crippen LogP contribution in [0.25, 0.3) is 0 Å². The Balaban J connectivity index is 1.88. The summed E-state index contributed by atoms with van der Waals surface area (Å²) >= 11 is 0. The van der Waals surface area contributed by atoms with Crippen LogP contribution in [0.1, 0.15) is 24.4 Å². The molecule has 3 heteroatoms. The second kappa shape index (κ2) is 4.58. The lowest BCUT2D eigenvalue weighted by atomic mass is 9.92. The van der Waals surface area contributed by atoms with Gasteiger partial charge in [0.15, 0.2) is 0 Å². The van der Waals surface area contributed by atoms with Gasteiger partial charge in [0.25, 0.3) is 0 Å². The molecule has 18 heavy (non-hydrogen) atoms. The number of fused-ring (bicyclic) bond motifs is 1. The number of piperidine rings is 1. The first-order valence-corrected chi connectivity index (χ1v) is 6.39. The van der Waals surface area contributed by atoms with Crippen molar-refractivity contribution in [1.29, 1.82) is 0 Å². The minimum atomic E-state index is -0.134. The Morgan fingerprint density at radius 3 is 2.78 bits per heavy atom. The van der Waals surface area contributed by atoms with Crippen LogP contribution in [-0.4, -0.2) is 30.1 Å². The van der Waals surface area contributed by atoms with E-state index in [0.717, 1.165) is 25.0 Å². The van der Waals surface area contributed by atoms with Gasteiger partial charge in [0.2, 0.25) is 0 Å². The maximum Gasteiger partial charge on any atom is 0.323 e. The zero-order chi connectivity index (χ0) is 12.5. The van der Waals surface area contributed by atoms with Crippen molar-refractivity contribution in [2.45, 2.75) is 24.9 Å². The van der Waals surface area contributed by atoms with E-state index in [1.165, 1.54) is 5.56 Å². The highest BCUT2D eigenvalue weighted by atomic mass is 16.5. The third kappa shape index (κ3) is 1.95. The molecule has 0 spiro atoms. The lowest BCUT2D eigenvalue weighted by Crippen LogP contribution is -2.53. The molecule has 2 heterocycles. The van der Waals surface area contributed by atoms with E-state index in [9.17, 15) is 4.79 Å². The van der Waals surface area contributed by atoms with E-state index in [-0.39, 0.29) is 18.1 Å². The largest absolute Gasteiger partial charge is 0.462 e. The second-order valence-electron chi connectivity index (χ2n) is 5.01. The van der Waals surface area contributed by atoms with Gasteiger partial charge in [0.1, 0.15) is 12.6 Å². The fourth-order valence-electron chi connectivity index (χ4n) is 2.84. The molecule has 0 aromatic heterocycles. The van der Waals surface area contributed by atoms with E-state index in [1.54, 1.807) is 0 Å². The monoisotopic (exact) mass is 243 g/mol. The Bertz CT molecular complexity index is 469. The van der Waals surface area contributed by atoms with E-state index in [0.29, 0.717) is 6.61 Å². The fraction of sp³-hybridized carbons (Fsp3) is 0.400. The van der Waals surface area contributed by atoms with Gasteiger partial charge >= 0.3 is 5.97 Å². The number of benzene rings is 1. The molecule has 0 unspecified atom stereocenters. The first-order valence-electron chi connectivity index (χ1n) is 6.39. The van der Waals surface area contributed by atoms with Crippen molar-refractivity contribution in [3.63, 3.8) is 0 Å². The standard InChI is InChI=1S/C15H17NO2/c1-11-7-8-16-13(9-11)15(17)18-10-14(16)12-5-3-2-4-6-12/h2-6,13-14H,1,7-10H2/t13-,14+/m1/s1. The van der Waals surface area contributed by atoms with E-state index >= 15 is 0 Å². The molecule has 3 rings (SSSR count). The smallest absolute Gasteiger partial charge is 0.323 e. The Morgan fingerprint density at radius 2 is 2.00 bits per heavy atom. The van der Waals surface area contributed by atoms with Gasteiger partial charge in [-0.25, -0.2) is 0 Å². The quantitative estimate of drug-likeness (QED) is 0.560. The number of morpholine rings is 1. The summed E-state index contributed by atoms with van der Waals surface area (Å²) in [5.41, 5.74) is 2.38. The molecule has 2 aliphatic rings. The molecule has 0 radical (unpaired) electrons. The van der Waals surface area contributed by atoms with Gasteiger partial charge in [-0.05, 0) is 18.4 Å². The van der Waals surface area contributed by atoms with Crippen molar-refractivity contribution in [3.05, 3.63) is 48.0 Å². The van der Waals surface area contributed by atoms with Crippen molar-refractivity contribution in [2.75, 3.05) is 13.2 Å². The predicted molar refractivity (Wildman–Crippen MR) is 69.0 cm³/mol. The number of nitrogens with zero attached hydrogens (tertiary/aromatic N) is 1. The number of cyclic esters (lactones) is 1. The van der Waals surface area contributed by atoms with Gasteiger partial charge in [0.05, 0.1) is 6.04 Å². The van der Waals surface area contributed by atoms with Crippen molar-refractivity contribution in [2.24, 2.45) is 0 Å². The zero-order valence-electron chi connectivity index (χ0n) is 10.3. The molecule has 0 amide bonds. The van der Waals surface area contributed by atoms with Gasteiger partial charge in [0, 0.05) is 6.54 Å². The van der Waals surface area contributed by atoms with Crippen molar-refractivity contribution >= 4 is 5.97 Å². The van der Waals surface area contributed by atoms with E-state index in [1.807, 2.05) is 18.2 Å². The summed E-state index contributed by atoms with van der Waals surface area (Å²) in [4.78, 5) is 14.1. The Labute approximate surface area is 107 Å². The van der Waals surface area contributed by atoms with Crippen LogP contribution in [0.2, 0.25) is 0 Å². The van der Waals surface area contributed by atoms with Crippen LogP contribution < -0.4 is 0 Å². The number of esters is 1. The molecule has 0 bridgehead atoms. The van der Waals surface area contributed by atoms with E-state index < -0.39 is 0 Å². The second-order valence-corrected chi connectivity index (χ2v) is 5.01. The average Bonchev–Trinajstić information content (AvgIpc) is 2.41. The molecular weight excluding hydrogens is 226 g/mol. The molecule has 94 valence electrons. The number of carbonyl (C=O) groups excluding carboxylic acids is 1. The number of carbonyl (C=O) groups is 1. The fourth-order valence-corrected chi connectivity index (χ4v) is 2.84. The van der Waals surface area contributed by atoms with Crippen LogP contribution in [0.15, 0.2) is 42.5 Å². The normalized spacial score (nSPS) is 28.7. The number of rotatable bonds is 1. The molecule has 2 fully saturated rings. The summed E-state index contributed by atoms with van der Waals surface area (Å²) in [6.45, 7) is 5.37. The third-order valence-electron chi connectivity index (χ3n) is 3.85. The van der Waals surface area contributed by atoms with Crippen LogP contribution in [-0.2, 0) is 9.53 Å². The van der Waals surface area contributed by atoms with E-state index in [2.05, 4.69) is 23.6 Å². The molecule has 2 aliphatic heterocycles. The molecule has 0 aliphatic carbocycles. The van der Waals surface area contributed by atoms with E-state index in [4.69, 9.17) is 4.74 Å². The maximum absolute atomic E-state index is 11.8. The minimum Gasteiger partial charge on any atom is -0.462 e. The predicted octanol–water partition coefficient (Wildman–Crippen LogP) is 2.31. The minimum absolute atomic E-state index is 0.0944. The highest BCUT2D eigenvalue weighted by Crippen LogP contribution is 2.34. The summed E-state index contributed by atoms with van der Waals surface area (Å²) in [7, 11) is 0. The number of hydrogen-bond donors (Lipinski definition) is 0. The lowest BCUT2D eigenvalue weighted by molar-refractivity contribution is -0.164. The topological polar surface area (TPSA) is 29.5 Å². The van der Waals surface area contributed by atoms with Crippen LogP contribution in [0.4, 0.5) is 0 Å². The summed E-state index contributed by atoms with van der Waals surface area (Å²) in [5, 5.41) is 0. The summed E-state index contributed by atoms with van der Waals surface area (Å²) in [5.74, 6) is -0.0944. The number of hydrogen-bond acceptors (Lipinski definition) is 3. The van der Waals surface area contributed by atoms with Gasteiger partial charge in [-0.3, -0.25) is 9.69 Å². The first kappa shape index (κ1) is 11.5. The van der Waals surface area contributed by atoms with Gasteiger partial charge in [-0.2, -0.15) is 0 Å². The zero-order valence-corrected chi connectivity index (χ0v) is 10.3. The summed E-state index contributed by atoms with van der Waals surface area (Å²) < 4.78 is 5.34. The van der Waals surface area contributed by atoms with Gasteiger partial charge in [-0.1, -0.05) is 42.5 Å². The Kier molecular flexibility index (Phi) is 2.92. The molecular formula is C15H17NO2. The first-order chi connectivity index (χ1) is 8.75. The average molecular weight is 243 g/mol. The molecule has 0 saturated carbocycles. The Morgan fingerprint density at radius 1 is 1.22 bits per heavy atom. The highest BCUT2D eigenvalue weighted by Gasteiger charge is 2.40. The SMILES string of the molecule is C=C1CCN2[C@H](C1)C(=O)OC[C@H]2c1ccccc1. The van der Waals surface area contributed by atoms with Gasteiger partial charge < -0.3 is 4.74 Å². The molecule has 2 saturated heterocycles. The number of ether oxygens (including phenoxy) is 1. The van der Waals surface area contributed by atoms with Crippen molar-refractivity contribution in [1.82, 2.24) is 4.90 Å². The Hall–Kier alpha value is -1.61. The molecule has 0 N–H and O–H groups in total.